The third kappa shape index (κ3) is 4.26. The summed E-state index contributed by atoms with van der Waals surface area (Å²) < 4.78 is 5.29. The van der Waals surface area contributed by atoms with Gasteiger partial charge in [-0.15, -0.1) is 11.8 Å². The molecule has 24 heavy (non-hydrogen) atoms. The fourth-order valence-electron chi connectivity index (χ4n) is 2.34. The molecule has 5 heteroatoms. The van der Waals surface area contributed by atoms with E-state index in [9.17, 15) is 4.79 Å². The minimum atomic E-state index is -0.122. The number of benzene rings is 2. The lowest BCUT2D eigenvalue weighted by molar-refractivity contribution is 0.0947. The summed E-state index contributed by atoms with van der Waals surface area (Å²) in [6.07, 6.45) is 2.72. The predicted octanol–water partition coefficient (Wildman–Crippen LogP) is 3.92. The van der Waals surface area contributed by atoms with Gasteiger partial charge in [0, 0.05) is 22.9 Å². The summed E-state index contributed by atoms with van der Waals surface area (Å²) in [4.78, 5) is 13.3. The molecule has 0 aliphatic heterocycles. The van der Waals surface area contributed by atoms with Gasteiger partial charge in [0.25, 0.3) is 5.91 Å². The summed E-state index contributed by atoms with van der Waals surface area (Å²) >= 11 is 1.65. The standard InChI is InChI=1S/C19H18N2O2S/c1-24-18-9-7-15(8-10-18)19(22)20-13-17-12-16(21-23-17)11-14-5-3-2-4-6-14/h2-10,12H,11,13H2,1H3,(H,20,22). The normalized spacial score (nSPS) is 10.5. The summed E-state index contributed by atoms with van der Waals surface area (Å²) in [5.74, 6) is 0.527. The molecule has 1 amide bonds. The maximum atomic E-state index is 12.1. The van der Waals surface area contributed by atoms with Crippen LogP contribution in [0.3, 0.4) is 0 Å². The summed E-state index contributed by atoms with van der Waals surface area (Å²) in [5, 5.41) is 6.91. The Morgan fingerprint density at radius 1 is 1.12 bits per heavy atom. The van der Waals surface area contributed by atoms with E-state index in [0.717, 1.165) is 10.6 Å². The first-order valence-electron chi connectivity index (χ1n) is 7.65. The number of nitrogens with one attached hydrogen (secondary N) is 1. The molecule has 4 nitrogen and oxygen atoms in total. The number of hydrogen-bond acceptors (Lipinski definition) is 4. The Morgan fingerprint density at radius 3 is 2.58 bits per heavy atom. The van der Waals surface area contributed by atoms with Gasteiger partial charge in [-0.25, -0.2) is 0 Å². The Balaban J connectivity index is 1.55. The Labute approximate surface area is 145 Å². The van der Waals surface area contributed by atoms with E-state index in [2.05, 4.69) is 10.5 Å². The SMILES string of the molecule is CSc1ccc(C(=O)NCc2cc(Cc3ccccc3)no2)cc1. The first kappa shape index (κ1) is 16.3. The second kappa shape index (κ2) is 7.84. The van der Waals surface area contributed by atoms with Crippen LogP contribution < -0.4 is 5.32 Å². The van der Waals surface area contributed by atoms with Crippen LogP contribution in [0.4, 0.5) is 0 Å². The molecule has 0 aliphatic rings. The smallest absolute Gasteiger partial charge is 0.251 e. The molecular formula is C19H18N2O2S. The largest absolute Gasteiger partial charge is 0.359 e. The van der Waals surface area contributed by atoms with Crippen LogP contribution >= 0.6 is 11.8 Å². The Morgan fingerprint density at radius 2 is 1.88 bits per heavy atom. The molecule has 3 rings (SSSR count). The molecule has 2 aromatic carbocycles. The molecule has 0 spiro atoms. The van der Waals surface area contributed by atoms with Gasteiger partial charge in [-0.3, -0.25) is 4.79 Å². The molecule has 1 heterocycles. The summed E-state index contributed by atoms with van der Waals surface area (Å²) in [6.45, 7) is 0.324. The van der Waals surface area contributed by atoms with E-state index in [0.29, 0.717) is 24.3 Å². The number of carbonyl (C=O) groups excluding carboxylic acids is 1. The van der Waals surface area contributed by atoms with Crippen LogP contribution in [0.5, 0.6) is 0 Å². The summed E-state index contributed by atoms with van der Waals surface area (Å²) in [6, 6.07) is 19.5. The number of nitrogens with zero attached hydrogens (tertiary/aromatic N) is 1. The highest BCUT2D eigenvalue weighted by Crippen LogP contribution is 2.15. The molecule has 1 aromatic heterocycles. The highest BCUT2D eigenvalue weighted by molar-refractivity contribution is 7.98. The molecular weight excluding hydrogens is 320 g/mol. The number of carbonyl (C=O) groups is 1. The van der Waals surface area contributed by atoms with Crippen molar-refractivity contribution in [3.05, 3.63) is 83.2 Å². The van der Waals surface area contributed by atoms with Crippen molar-refractivity contribution in [2.24, 2.45) is 0 Å². The van der Waals surface area contributed by atoms with Gasteiger partial charge in [0.15, 0.2) is 5.76 Å². The fraction of sp³-hybridized carbons (Fsp3) is 0.158. The third-order valence-electron chi connectivity index (χ3n) is 3.61. The van der Waals surface area contributed by atoms with Gasteiger partial charge >= 0.3 is 0 Å². The van der Waals surface area contributed by atoms with Crippen LogP contribution in [-0.4, -0.2) is 17.3 Å². The molecule has 0 atom stereocenters. The van der Waals surface area contributed by atoms with Gasteiger partial charge in [-0.1, -0.05) is 35.5 Å². The van der Waals surface area contributed by atoms with Crippen LogP contribution in [-0.2, 0) is 13.0 Å². The van der Waals surface area contributed by atoms with E-state index in [1.165, 1.54) is 5.56 Å². The Kier molecular flexibility index (Phi) is 5.33. The second-order valence-corrected chi connectivity index (χ2v) is 6.24. The highest BCUT2D eigenvalue weighted by Gasteiger charge is 2.09. The van der Waals surface area contributed by atoms with Crippen LogP contribution in [0.25, 0.3) is 0 Å². The molecule has 0 saturated heterocycles. The number of thioether (sulfide) groups is 1. The zero-order chi connectivity index (χ0) is 16.8. The van der Waals surface area contributed by atoms with Gasteiger partial charge in [-0.2, -0.15) is 0 Å². The van der Waals surface area contributed by atoms with Gasteiger partial charge in [0.05, 0.1) is 12.2 Å². The van der Waals surface area contributed by atoms with Crippen LogP contribution in [0, 0.1) is 0 Å². The number of hydrogen-bond donors (Lipinski definition) is 1. The summed E-state index contributed by atoms with van der Waals surface area (Å²) in [5.41, 5.74) is 2.67. The van der Waals surface area contributed by atoms with Gasteiger partial charge in [0.1, 0.15) is 0 Å². The van der Waals surface area contributed by atoms with Crippen molar-refractivity contribution < 1.29 is 9.32 Å². The Hall–Kier alpha value is -2.53. The lowest BCUT2D eigenvalue weighted by atomic mass is 10.1. The van der Waals surface area contributed by atoms with Crippen LogP contribution in [0.2, 0.25) is 0 Å². The fourth-order valence-corrected chi connectivity index (χ4v) is 2.75. The van der Waals surface area contributed by atoms with E-state index in [1.807, 2.05) is 66.9 Å². The quantitative estimate of drug-likeness (QED) is 0.692. The zero-order valence-electron chi connectivity index (χ0n) is 13.4. The maximum Gasteiger partial charge on any atom is 0.251 e. The van der Waals surface area contributed by atoms with Crippen molar-refractivity contribution in [3.63, 3.8) is 0 Å². The van der Waals surface area contributed by atoms with Crippen molar-refractivity contribution in [1.29, 1.82) is 0 Å². The van der Waals surface area contributed by atoms with E-state index in [-0.39, 0.29) is 5.91 Å². The van der Waals surface area contributed by atoms with Crippen molar-refractivity contribution in [2.45, 2.75) is 17.9 Å². The van der Waals surface area contributed by atoms with Gasteiger partial charge in [-0.05, 0) is 36.1 Å². The van der Waals surface area contributed by atoms with E-state index in [4.69, 9.17) is 4.52 Å². The van der Waals surface area contributed by atoms with Gasteiger partial charge < -0.3 is 9.84 Å². The maximum absolute atomic E-state index is 12.1. The second-order valence-electron chi connectivity index (χ2n) is 5.36. The van der Waals surface area contributed by atoms with Crippen molar-refractivity contribution in [1.82, 2.24) is 10.5 Å². The molecule has 0 radical (unpaired) electrons. The van der Waals surface area contributed by atoms with Gasteiger partial charge in [0.2, 0.25) is 0 Å². The lowest BCUT2D eigenvalue weighted by Crippen LogP contribution is -2.22. The molecule has 122 valence electrons. The topological polar surface area (TPSA) is 55.1 Å². The minimum absolute atomic E-state index is 0.122. The summed E-state index contributed by atoms with van der Waals surface area (Å²) in [7, 11) is 0. The third-order valence-corrected chi connectivity index (χ3v) is 4.35. The first-order chi connectivity index (χ1) is 11.7. The average molecular weight is 338 g/mol. The van der Waals surface area contributed by atoms with Crippen molar-refractivity contribution in [3.8, 4) is 0 Å². The molecule has 0 bridgehead atoms. The minimum Gasteiger partial charge on any atom is -0.359 e. The molecule has 1 N–H and O–H groups in total. The van der Waals surface area contributed by atoms with E-state index < -0.39 is 0 Å². The van der Waals surface area contributed by atoms with Crippen LogP contribution in [0.1, 0.15) is 27.4 Å². The van der Waals surface area contributed by atoms with Crippen molar-refractivity contribution in [2.75, 3.05) is 6.26 Å². The Bertz CT molecular complexity index is 798. The molecule has 0 fully saturated rings. The monoisotopic (exact) mass is 338 g/mol. The number of amides is 1. The highest BCUT2D eigenvalue weighted by atomic mass is 32.2. The number of rotatable bonds is 6. The molecule has 3 aromatic rings. The van der Waals surface area contributed by atoms with E-state index >= 15 is 0 Å². The molecule has 0 unspecified atom stereocenters. The average Bonchev–Trinajstić information content (AvgIpc) is 3.08. The predicted molar refractivity (Wildman–Crippen MR) is 95.1 cm³/mol. The van der Waals surface area contributed by atoms with Crippen molar-refractivity contribution >= 4 is 17.7 Å². The molecule has 0 saturated carbocycles. The zero-order valence-corrected chi connectivity index (χ0v) is 14.2. The first-order valence-corrected chi connectivity index (χ1v) is 8.88. The molecule has 0 aliphatic carbocycles. The van der Waals surface area contributed by atoms with Crippen LogP contribution in [0.15, 0.2) is 70.1 Å². The van der Waals surface area contributed by atoms with E-state index in [1.54, 1.807) is 11.8 Å². The lowest BCUT2D eigenvalue weighted by Gasteiger charge is -2.03. The number of aromatic nitrogens is 1.